The number of benzene rings is 6. The Kier molecular flexibility index (Phi) is 6.95. The Hall–Kier alpha value is -6.01. The first-order chi connectivity index (χ1) is 23.3. The Bertz CT molecular complexity index is 2380. The second kappa shape index (κ2) is 11.4. The SMILES string of the molecule is CCC(C)(C)c1ccc(Oc2cc(Nc3ccccc3)c3c4c(nnc(-c5cc6ccccc6cc5O)c24)-c2ccccc2C3=O)cc1. The molecule has 1 aliphatic rings. The smallest absolute Gasteiger partial charge is 0.196 e. The molecule has 1 aromatic heterocycles. The van der Waals surface area contributed by atoms with Crippen LogP contribution in [-0.4, -0.2) is 21.1 Å². The van der Waals surface area contributed by atoms with Gasteiger partial charge in [-0.1, -0.05) is 99.6 Å². The first-order valence-electron chi connectivity index (χ1n) is 16.2. The number of phenols is 1. The lowest BCUT2D eigenvalue weighted by atomic mass is 9.82. The third-order valence-corrected chi connectivity index (χ3v) is 9.59. The topological polar surface area (TPSA) is 84.3 Å². The quantitative estimate of drug-likeness (QED) is 0.183. The molecule has 6 heteroatoms. The number of para-hydroxylation sites is 1. The van der Waals surface area contributed by atoms with Gasteiger partial charge in [-0.25, -0.2) is 0 Å². The van der Waals surface area contributed by atoms with E-state index in [0.29, 0.717) is 61.6 Å². The molecule has 0 saturated carbocycles. The standard InChI is InChI=1S/C42H33N3O3/c1-4-42(2,3)27-18-20-29(21-19-27)48-35-24-33(43-28-14-6-5-7-15-28)36-38-37(35)40(32-22-25-12-8-9-13-26(25)23-34(32)46)45-44-39(38)30-16-10-11-17-31(30)41(36)47/h5-24,43,46H,4H2,1-3H3. The van der Waals surface area contributed by atoms with Crippen molar-refractivity contribution in [2.75, 3.05) is 5.32 Å². The van der Waals surface area contributed by atoms with Gasteiger partial charge >= 0.3 is 0 Å². The normalized spacial score (nSPS) is 12.3. The maximum Gasteiger partial charge on any atom is 0.196 e. The molecule has 0 spiro atoms. The molecule has 0 fully saturated rings. The number of fused-ring (bicyclic) bond motifs is 3. The average Bonchev–Trinajstić information content (AvgIpc) is 3.11. The predicted molar refractivity (Wildman–Crippen MR) is 193 cm³/mol. The maximum atomic E-state index is 14.4. The summed E-state index contributed by atoms with van der Waals surface area (Å²) in [6, 6.07) is 38.8. The zero-order valence-electron chi connectivity index (χ0n) is 26.9. The summed E-state index contributed by atoms with van der Waals surface area (Å²) < 4.78 is 6.76. The fourth-order valence-electron chi connectivity index (χ4n) is 6.54. The van der Waals surface area contributed by atoms with Gasteiger partial charge in [0.25, 0.3) is 0 Å². The number of nitrogens with one attached hydrogen (secondary N) is 1. The third-order valence-electron chi connectivity index (χ3n) is 9.59. The van der Waals surface area contributed by atoms with Crippen LogP contribution in [0.4, 0.5) is 11.4 Å². The summed E-state index contributed by atoms with van der Waals surface area (Å²) in [6.07, 6.45) is 1.00. The van der Waals surface area contributed by atoms with Crippen LogP contribution in [0.15, 0.2) is 121 Å². The highest BCUT2D eigenvalue weighted by molar-refractivity contribution is 6.30. The minimum Gasteiger partial charge on any atom is -0.507 e. The number of rotatable bonds is 7. The Morgan fingerprint density at radius 1 is 0.708 bits per heavy atom. The van der Waals surface area contributed by atoms with E-state index in [1.807, 2.05) is 103 Å². The number of phenolic OH excluding ortho intramolecular Hbond substituents is 1. The van der Waals surface area contributed by atoms with Gasteiger partial charge in [-0.05, 0) is 64.6 Å². The van der Waals surface area contributed by atoms with Gasteiger partial charge in [-0.15, -0.1) is 10.2 Å². The number of ketones is 1. The number of aromatic nitrogens is 2. The van der Waals surface area contributed by atoms with E-state index in [1.54, 1.807) is 6.07 Å². The zero-order valence-corrected chi connectivity index (χ0v) is 26.9. The molecule has 234 valence electrons. The molecule has 7 aromatic rings. The van der Waals surface area contributed by atoms with E-state index < -0.39 is 0 Å². The highest BCUT2D eigenvalue weighted by atomic mass is 16.5. The number of anilines is 2. The molecular formula is C42H33N3O3. The number of hydrogen-bond donors (Lipinski definition) is 2. The van der Waals surface area contributed by atoms with Gasteiger partial charge in [0.05, 0.1) is 16.6 Å². The molecule has 1 heterocycles. The lowest BCUT2D eigenvalue weighted by molar-refractivity contribution is 0.104. The molecule has 0 atom stereocenters. The molecule has 2 N–H and O–H groups in total. The summed E-state index contributed by atoms with van der Waals surface area (Å²) in [7, 11) is 0. The van der Waals surface area contributed by atoms with Crippen molar-refractivity contribution in [3.63, 3.8) is 0 Å². The molecule has 0 saturated heterocycles. The van der Waals surface area contributed by atoms with Crippen LogP contribution in [0, 0.1) is 0 Å². The second-order valence-electron chi connectivity index (χ2n) is 12.9. The average molecular weight is 628 g/mol. The summed E-state index contributed by atoms with van der Waals surface area (Å²) in [6.45, 7) is 6.64. The summed E-state index contributed by atoms with van der Waals surface area (Å²) >= 11 is 0. The Balaban J connectivity index is 1.44. The lowest BCUT2D eigenvalue weighted by Gasteiger charge is -2.25. The van der Waals surface area contributed by atoms with Gasteiger partial charge in [-0.2, -0.15) is 0 Å². The van der Waals surface area contributed by atoms with Crippen LogP contribution in [-0.2, 0) is 5.41 Å². The fraction of sp³-hybridized carbons (Fsp3) is 0.119. The number of aromatic hydroxyl groups is 1. The zero-order chi connectivity index (χ0) is 33.0. The molecule has 0 amide bonds. The van der Waals surface area contributed by atoms with Crippen molar-refractivity contribution < 1.29 is 14.6 Å². The van der Waals surface area contributed by atoms with E-state index in [-0.39, 0.29) is 16.9 Å². The fourth-order valence-corrected chi connectivity index (χ4v) is 6.54. The first kappa shape index (κ1) is 29.4. The summed E-state index contributed by atoms with van der Waals surface area (Å²) in [5, 5.41) is 27.5. The Labute approximate surface area is 278 Å². The summed E-state index contributed by atoms with van der Waals surface area (Å²) in [4.78, 5) is 14.4. The lowest BCUT2D eigenvalue weighted by Crippen LogP contribution is -2.15. The number of hydrogen-bond acceptors (Lipinski definition) is 6. The van der Waals surface area contributed by atoms with E-state index in [0.717, 1.165) is 22.9 Å². The second-order valence-corrected chi connectivity index (χ2v) is 12.9. The van der Waals surface area contributed by atoms with Gasteiger partial charge in [0.2, 0.25) is 0 Å². The van der Waals surface area contributed by atoms with Crippen LogP contribution < -0.4 is 10.1 Å². The minimum atomic E-state index is -0.124. The highest BCUT2D eigenvalue weighted by Gasteiger charge is 2.33. The van der Waals surface area contributed by atoms with E-state index in [2.05, 4.69) is 38.2 Å². The van der Waals surface area contributed by atoms with Gasteiger partial charge < -0.3 is 15.2 Å². The first-order valence-corrected chi connectivity index (χ1v) is 16.2. The van der Waals surface area contributed by atoms with Gasteiger partial charge in [0.1, 0.15) is 28.6 Å². The number of carbonyl (C=O) groups excluding carboxylic acids is 1. The van der Waals surface area contributed by atoms with Crippen molar-refractivity contribution in [1.82, 2.24) is 10.2 Å². The van der Waals surface area contributed by atoms with Crippen LogP contribution in [0.2, 0.25) is 0 Å². The summed E-state index contributed by atoms with van der Waals surface area (Å²) in [5.74, 6) is 1.06. The van der Waals surface area contributed by atoms with Crippen molar-refractivity contribution >= 4 is 38.7 Å². The molecule has 0 unspecified atom stereocenters. The monoisotopic (exact) mass is 627 g/mol. The number of carbonyl (C=O) groups is 1. The van der Waals surface area contributed by atoms with E-state index in [4.69, 9.17) is 14.9 Å². The Morgan fingerprint density at radius 2 is 1.33 bits per heavy atom. The van der Waals surface area contributed by atoms with Gasteiger partial charge in [-0.3, -0.25) is 4.79 Å². The highest BCUT2D eigenvalue weighted by Crippen LogP contribution is 2.50. The van der Waals surface area contributed by atoms with Crippen LogP contribution in [0.3, 0.4) is 0 Å². The largest absolute Gasteiger partial charge is 0.507 e. The minimum absolute atomic E-state index is 0.0235. The van der Waals surface area contributed by atoms with E-state index in [1.165, 1.54) is 5.56 Å². The van der Waals surface area contributed by atoms with Crippen molar-refractivity contribution in [3.8, 4) is 39.8 Å². The molecular weight excluding hydrogens is 594 g/mol. The van der Waals surface area contributed by atoms with Gasteiger partial charge in [0, 0.05) is 33.8 Å². The van der Waals surface area contributed by atoms with Crippen molar-refractivity contribution in [2.45, 2.75) is 32.6 Å². The van der Waals surface area contributed by atoms with Crippen molar-refractivity contribution in [2.24, 2.45) is 0 Å². The summed E-state index contributed by atoms with van der Waals surface area (Å²) in [5.41, 5.74) is 5.91. The molecule has 1 aliphatic carbocycles. The molecule has 6 aromatic carbocycles. The Morgan fingerprint density at radius 3 is 2.04 bits per heavy atom. The van der Waals surface area contributed by atoms with Crippen LogP contribution >= 0.6 is 0 Å². The van der Waals surface area contributed by atoms with E-state index in [9.17, 15) is 9.90 Å². The van der Waals surface area contributed by atoms with Gasteiger partial charge in [0.15, 0.2) is 5.78 Å². The van der Waals surface area contributed by atoms with E-state index >= 15 is 0 Å². The molecule has 6 nitrogen and oxygen atoms in total. The van der Waals surface area contributed by atoms with Crippen LogP contribution in [0.1, 0.15) is 48.7 Å². The van der Waals surface area contributed by atoms with Crippen LogP contribution in [0.25, 0.3) is 44.1 Å². The number of nitrogens with zero attached hydrogens (tertiary/aromatic N) is 2. The molecule has 0 bridgehead atoms. The molecule has 0 radical (unpaired) electrons. The number of ether oxygens (including phenoxy) is 1. The van der Waals surface area contributed by atoms with Crippen molar-refractivity contribution in [3.05, 3.63) is 138 Å². The third kappa shape index (κ3) is 4.85. The molecule has 48 heavy (non-hydrogen) atoms. The predicted octanol–water partition coefficient (Wildman–Crippen LogP) is 10.6. The maximum absolute atomic E-state index is 14.4. The molecule has 8 rings (SSSR count). The van der Waals surface area contributed by atoms with Crippen LogP contribution in [0.5, 0.6) is 17.2 Å². The van der Waals surface area contributed by atoms with Crippen molar-refractivity contribution in [1.29, 1.82) is 0 Å². The molecule has 0 aliphatic heterocycles.